The van der Waals surface area contributed by atoms with Crippen molar-refractivity contribution in [2.45, 2.75) is 0 Å². The average Bonchev–Trinajstić information content (AvgIpc) is 3.21. The topological polar surface area (TPSA) is 94.7 Å². The number of rotatable bonds is 3. The summed E-state index contributed by atoms with van der Waals surface area (Å²) in [5.74, 6) is -0.357. The summed E-state index contributed by atoms with van der Waals surface area (Å²) < 4.78 is 0. The number of fused-ring (bicyclic) bond motifs is 1. The molecule has 0 fully saturated rings. The number of halogens is 1. The zero-order chi connectivity index (χ0) is 16.7. The van der Waals surface area contributed by atoms with Crippen molar-refractivity contribution in [3.63, 3.8) is 0 Å². The zero-order valence-corrected chi connectivity index (χ0v) is 13.0. The molecular formula is C17H11ClN4O2. The Hall–Kier alpha value is -3.12. The van der Waals surface area contributed by atoms with Crippen LogP contribution in [-0.4, -0.2) is 31.2 Å². The summed E-state index contributed by atoms with van der Waals surface area (Å²) in [6, 6.07) is 12.2. The number of H-pyrrole nitrogens is 2. The molecule has 2 aromatic heterocycles. The third-order valence-corrected chi connectivity index (χ3v) is 4.01. The fourth-order valence-corrected chi connectivity index (χ4v) is 2.70. The number of benzene rings is 2. The lowest BCUT2D eigenvalue weighted by Gasteiger charge is -2.01. The second kappa shape index (κ2) is 5.50. The van der Waals surface area contributed by atoms with E-state index in [2.05, 4.69) is 20.2 Å². The van der Waals surface area contributed by atoms with E-state index in [1.165, 1.54) is 6.07 Å². The Morgan fingerprint density at radius 3 is 2.67 bits per heavy atom. The van der Waals surface area contributed by atoms with Crippen LogP contribution in [0.1, 0.15) is 10.4 Å². The normalized spacial score (nSPS) is 11.0. The predicted molar refractivity (Wildman–Crippen MR) is 91.1 cm³/mol. The molecule has 3 N–H and O–H groups in total. The summed E-state index contributed by atoms with van der Waals surface area (Å²) in [6.07, 6.45) is 1.68. The second-order valence-corrected chi connectivity index (χ2v) is 5.72. The van der Waals surface area contributed by atoms with Crippen molar-refractivity contribution in [3.8, 4) is 22.6 Å². The van der Waals surface area contributed by atoms with Crippen LogP contribution in [0.15, 0.2) is 48.7 Å². The van der Waals surface area contributed by atoms with E-state index >= 15 is 0 Å². The van der Waals surface area contributed by atoms with E-state index in [1.807, 2.05) is 12.1 Å². The number of carboxylic acid groups (broad SMARTS) is 1. The fourth-order valence-electron chi connectivity index (χ4n) is 2.57. The van der Waals surface area contributed by atoms with E-state index in [0.717, 1.165) is 16.8 Å². The molecule has 0 aliphatic carbocycles. The lowest BCUT2D eigenvalue weighted by molar-refractivity contribution is 0.0697. The molecule has 0 spiro atoms. The van der Waals surface area contributed by atoms with Crippen molar-refractivity contribution in [1.29, 1.82) is 0 Å². The SMILES string of the molecule is O=C(O)c1ccc2nc(-c3cn[nH]c3-c3ccc(Cl)cc3)[nH]c2c1. The molecule has 0 saturated heterocycles. The molecule has 0 atom stereocenters. The molecular weight excluding hydrogens is 328 g/mol. The number of imidazole rings is 1. The summed E-state index contributed by atoms with van der Waals surface area (Å²) in [5.41, 5.74) is 4.10. The molecule has 0 aliphatic rings. The first kappa shape index (κ1) is 14.5. The monoisotopic (exact) mass is 338 g/mol. The molecule has 0 saturated carbocycles. The van der Waals surface area contributed by atoms with Gasteiger partial charge in [0.05, 0.1) is 34.1 Å². The van der Waals surface area contributed by atoms with Gasteiger partial charge in [-0.3, -0.25) is 5.10 Å². The minimum absolute atomic E-state index is 0.211. The highest BCUT2D eigenvalue weighted by Gasteiger charge is 2.14. The minimum Gasteiger partial charge on any atom is -0.478 e. The van der Waals surface area contributed by atoms with Crippen molar-refractivity contribution < 1.29 is 9.90 Å². The van der Waals surface area contributed by atoms with Crippen LogP contribution in [-0.2, 0) is 0 Å². The van der Waals surface area contributed by atoms with Crippen LogP contribution in [0.4, 0.5) is 0 Å². The molecule has 2 heterocycles. The number of nitrogens with one attached hydrogen (secondary N) is 2. The molecule has 7 heteroatoms. The number of hydrogen-bond acceptors (Lipinski definition) is 3. The number of hydrogen-bond donors (Lipinski definition) is 3. The van der Waals surface area contributed by atoms with Gasteiger partial charge >= 0.3 is 5.97 Å². The number of aromatic carboxylic acids is 1. The van der Waals surface area contributed by atoms with Crippen LogP contribution in [0.3, 0.4) is 0 Å². The third kappa shape index (κ3) is 2.43. The Balaban J connectivity index is 1.82. The highest BCUT2D eigenvalue weighted by Crippen LogP contribution is 2.30. The quantitative estimate of drug-likeness (QED) is 0.526. The van der Waals surface area contributed by atoms with Crippen LogP contribution in [0.25, 0.3) is 33.7 Å². The molecule has 0 unspecified atom stereocenters. The van der Waals surface area contributed by atoms with Crippen molar-refractivity contribution in [2.75, 3.05) is 0 Å². The van der Waals surface area contributed by atoms with Gasteiger partial charge in [-0.05, 0) is 30.3 Å². The maximum absolute atomic E-state index is 11.1. The second-order valence-electron chi connectivity index (χ2n) is 5.29. The van der Waals surface area contributed by atoms with Gasteiger partial charge in [-0.1, -0.05) is 23.7 Å². The highest BCUT2D eigenvalue weighted by atomic mass is 35.5. The summed E-state index contributed by atoms with van der Waals surface area (Å²) >= 11 is 5.93. The Labute approximate surface area is 141 Å². The summed E-state index contributed by atoms with van der Waals surface area (Å²) in [5, 5.41) is 16.8. The van der Waals surface area contributed by atoms with E-state index in [4.69, 9.17) is 16.7 Å². The van der Waals surface area contributed by atoms with Crippen LogP contribution in [0, 0.1) is 0 Å². The van der Waals surface area contributed by atoms with Gasteiger partial charge in [0.1, 0.15) is 5.82 Å². The van der Waals surface area contributed by atoms with E-state index in [0.29, 0.717) is 21.9 Å². The van der Waals surface area contributed by atoms with Gasteiger partial charge in [-0.25, -0.2) is 9.78 Å². The molecule has 118 valence electrons. The van der Waals surface area contributed by atoms with Crippen molar-refractivity contribution in [2.24, 2.45) is 0 Å². The van der Waals surface area contributed by atoms with Crippen LogP contribution in [0.2, 0.25) is 5.02 Å². The summed E-state index contributed by atoms with van der Waals surface area (Å²) in [6.45, 7) is 0. The molecule has 4 rings (SSSR count). The predicted octanol–water partition coefficient (Wildman–Crippen LogP) is 3.97. The van der Waals surface area contributed by atoms with Gasteiger partial charge in [0.25, 0.3) is 0 Å². The van der Waals surface area contributed by atoms with Gasteiger partial charge in [0.15, 0.2) is 0 Å². The molecule has 24 heavy (non-hydrogen) atoms. The largest absolute Gasteiger partial charge is 0.478 e. The van der Waals surface area contributed by atoms with Gasteiger partial charge in [-0.15, -0.1) is 0 Å². The Morgan fingerprint density at radius 1 is 1.12 bits per heavy atom. The van der Waals surface area contributed by atoms with E-state index < -0.39 is 5.97 Å². The lowest BCUT2D eigenvalue weighted by Crippen LogP contribution is -1.94. The number of carboxylic acids is 1. The first-order valence-electron chi connectivity index (χ1n) is 7.14. The molecule has 2 aromatic carbocycles. The van der Waals surface area contributed by atoms with E-state index in [1.54, 1.807) is 30.5 Å². The van der Waals surface area contributed by atoms with E-state index in [9.17, 15) is 4.79 Å². The van der Waals surface area contributed by atoms with Gasteiger partial charge in [0, 0.05) is 10.6 Å². The lowest BCUT2D eigenvalue weighted by atomic mass is 10.1. The van der Waals surface area contributed by atoms with Gasteiger partial charge in [0.2, 0.25) is 0 Å². The van der Waals surface area contributed by atoms with Crippen LogP contribution >= 0.6 is 11.6 Å². The first-order chi connectivity index (χ1) is 11.6. The molecule has 4 aromatic rings. The Kier molecular flexibility index (Phi) is 3.32. The standard InChI is InChI=1S/C17H11ClN4O2/c18-11-4-1-9(2-5-11)15-12(8-19-22-15)16-20-13-6-3-10(17(23)24)7-14(13)21-16/h1-8H,(H,19,22)(H,20,21)(H,23,24). The van der Waals surface area contributed by atoms with Gasteiger partial charge in [-0.2, -0.15) is 5.10 Å². The average molecular weight is 339 g/mol. The molecule has 0 aliphatic heterocycles. The number of aromatic amines is 2. The number of carbonyl (C=O) groups is 1. The number of nitrogens with zero attached hydrogens (tertiary/aromatic N) is 2. The van der Waals surface area contributed by atoms with Crippen LogP contribution in [0.5, 0.6) is 0 Å². The first-order valence-corrected chi connectivity index (χ1v) is 7.52. The summed E-state index contributed by atoms with van der Waals surface area (Å²) in [7, 11) is 0. The maximum Gasteiger partial charge on any atom is 0.335 e. The summed E-state index contributed by atoms with van der Waals surface area (Å²) in [4.78, 5) is 18.8. The van der Waals surface area contributed by atoms with Crippen molar-refractivity contribution in [3.05, 3.63) is 59.2 Å². The fraction of sp³-hybridized carbons (Fsp3) is 0. The van der Waals surface area contributed by atoms with Crippen LogP contribution < -0.4 is 0 Å². The molecule has 0 radical (unpaired) electrons. The maximum atomic E-state index is 11.1. The van der Waals surface area contributed by atoms with Crippen molar-refractivity contribution in [1.82, 2.24) is 20.2 Å². The van der Waals surface area contributed by atoms with Gasteiger partial charge < -0.3 is 10.1 Å². The Morgan fingerprint density at radius 2 is 1.92 bits per heavy atom. The zero-order valence-electron chi connectivity index (χ0n) is 12.2. The molecule has 0 bridgehead atoms. The minimum atomic E-state index is -0.974. The van der Waals surface area contributed by atoms with Crippen molar-refractivity contribution >= 4 is 28.6 Å². The number of aromatic nitrogens is 4. The molecule has 0 amide bonds. The van der Waals surface area contributed by atoms with E-state index in [-0.39, 0.29) is 5.56 Å². The highest BCUT2D eigenvalue weighted by molar-refractivity contribution is 6.30. The third-order valence-electron chi connectivity index (χ3n) is 3.76. The Bertz CT molecular complexity index is 1050. The smallest absolute Gasteiger partial charge is 0.335 e. The molecule has 6 nitrogen and oxygen atoms in total.